The first-order chi connectivity index (χ1) is 8.07. The molecular weight excluding hydrogens is 306 g/mol. The highest BCUT2D eigenvalue weighted by Gasteiger charge is 2.16. The Kier molecular flexibility index (Phi) is 5.33. The molecule has 0 radical (unpaired) electrons. The van der Waals surface area contributed by atoms with Crippen molar-refractivity contribution in [1.29, 1.82) is 0 Å². The van der Waals surface area contributed by atoms with Crippen LogP contribution in [-0.4, -0.2) is 10.3 Å². The van der Waals surface area contributed by atoms with Crippen molar-refractivity contribution < 1.29 is 0 Å². The monoisotopic (exact) mass is 329 g/mol. The van der Waals surface area contributed by atoms with E-state index in [9.17, 15) is 0 Å². The average Bonchev–Trinajstić information content (AvgIpc) is 2.12. The van der Waals surface area contributed by atoms with Crippen molar-refractivity contribution in [2.45, 2.75) is 63.3 Å². The summed E-state index contributed by atoms with van der Waals surface area (Å²) in [5.74, 6) is 0. The van der Waals surface area contributed by atoms with Crippen molar-refractivity contribution in [1.82, 2.24) is 5.32 Å². The van der Waals surface area contributed by atoms with E-state index < -0.39 is 0 Å². The van der Waals surface area contributed by atoms with Crippen molar-refractivity contribution in [2.75, 3.05) is 0 Å². The summed E-state index contributed by atoms with van der Waals surface area (Å²) >= 11 is 5.48. The fraction of sp³-hybridized carbons (Fsp3) is 0.600. The molecule has 0 aliphatic heterocycles. The molecule has 0 amide bonds. The fourth-order valence-corrected chi connectivity index (χ4v) is 3.09. The Balaban J connectivity index is 2.90. The van der Waals surface area contributed by atoms with E-state index in [1.165, 1.54) is 10.5 Å². The number of rotatable bonds is 3. The van der Waals surface area contributed by atoms with E-state index in [2.05, 4.69) is 81.0 Å². The quantitative estimate of drug-likeness (QED) is 0.762. The van der Waals surface area contributed by atoms with Crippen LogP contribution >= 0.6 is 27.7 Å². The highest BCUT2D eigenvalue weighted by molar-refractivity contribution is 9.10. The number of hydrogen-bond acceptors (Lipinski definition) is 2. The van der Waals surface area contributed by atoms with Crippen LogP contribution in [0.5, 0.6) is 0 Å². The minimum atomic E-state index is 0.150. The molecule has 1 aromatic carbocycles. The van der Waals surface area contributed by atoms with Gasteiger partial charge in [-0.15, -0.1) is 11.8 Å². The zero-order valence-corrected chi connectivity index (χ0v) is 14.6. The van der Waals surface area contributed by atoms with E-state index in [1.807, 2.05) is 11.8 Å². The summed E-state index contributed by atoms with van der Waals surface area (Å²) in [6, 6.07) is 6.54. The highest BCUT2D eigenvalue weighted by Crippen LogP contribution is 2.35. The van der Waals surface area contributed by atoms with Gasteiger partial charge in [-0.05, 0) is 38.5 Å². The average molecular weight is 330 g/mol. The summed E-state index contributed by atoms with van der Waals surface area (Å²) in [6.45, 7) is 14.3. The third-order valence-electron chi connectivity index (χ3n) is 2.25. The van der Waals surface area contributed by atoms with Crippen molar-refractivity contribution in [3.8, 4) is 0 Å². The summed E-state index contributed by atoms with van der Waals surface area (Å²) in [5, 5.41) is 3.56. The van der Waals surface area contributed by atoms with Crippen LogP contribution in [0.1, 0.15) is 47.1 Å². The number of nitrogens with one attached hydrogen (secondary N) is 1. The molecular formula is C15H24BrNS. The van der Waals surface area contributed by atoms with Gasteiger partial charge in [-0.3, -0.25) is 0 Å². The van der Waals surface area contributed by atoms with Gasteiger partial charge in [0.25, 0.3) is 0 Å². The molecule has 1 rings (SSSR count). The van der Waals surface area contributed by atoms with E-state index >= 15 is 0 Å². The first kappa shape index (κ1) is 16.1. The van der Waals surface area contributed by atoms with Gasteiger partial charge in [0.1, 0.15) is 0 Å². The molecule has 0 spiro atoms. The summed E-state index contributed by atoms with van der Waals surface area (Å²) < 4.78 is 1.38. The molecule has 1 aromatic rings. The van der Waals surface area contributed by atoms with Gasteiger partial charge >= 0.3 is 0 Å². The lowest BCUT2D eigenvalue weighted by Crippen LogP contribution is -2.35. The maximum atomic E-state index is 3.56. The van der Waals surface area contributed by atoms with Crippen LogP contribution in [0.25, 0.3) is 0 Å². The standard InChI is InChI=1S/C15H24BrNS/c1-14(2,3)17-10-11-7-8-12(16)9-13(11)18-15(4,5)6/h7-9,17H,10H2,1-6H3. The smallest absolute Gasteiger partial charge is 0.0221 e. The lowest BCUT2D eigenvalue weighted by molar-refractivity contribution is 0.422. The van der Waals surface area contributed by atoms with E-state index in [4.69, 9.17) is 0 Å². The third-order valence-corrected chi connectivity index (χ3v) is 3.96. The van der Waals surface area contributed by atoms with Crippen molar-refractivity contribution >= 4 is 27.7 Å². The van der Waals surface area contributed by atoms with Crippen LogP contribution in [0.15, 0.2) is 27.6 Å². The van der Waals surface area contributed by atoms with Gasteiger partial charge in [-0.25, -0.2) is 0 Å². The van der Waals surface area contributed by atoms with Gasteiger partial charge in [0.15, 0.2) is 0 Å². The second-order valence-corrected chi connectivity index (χ2v) is 9.35. The van der Waals surface area contributed by atoms with Crippen LogP contribution in [-0.2, 0) is 6.54 Å². The first-order valence-electron chi connectivity index (χ1n) is 6.29. The molecule has 0 aliphatic carbocycles. The minimum Gasteiger partial charge on any atom is -0.308 e. The molecule has 1 N–H and O–H groups in total. The van der Waals surface area contributed by atoms with Gasteiger partial charge < -0.3 is 5.32 Å². The van der Waals surface area contributed by atoms with Crippen molar-refractivity contribution in [3.05, 3.63) is 28.2 Å². The van der Waals surface area contributed by atoms with Crippen LogP contribution in [0.4, 0.5) is 0 Å². The normalized spacial score (nSPS) is 12.8. The Bertz CT molecular complexity index is 402. The highest BCUT2D eigenvalue weighted by atomic mass is 79.9. The Hall–Kier alpha value is 0.01000. The Morgan fingerprint density at radius 2 is 1.72 bits per heavy atom. The molecule has 0 unspecified atom stereocenters. The van der Waals surface area contributed by atoms with E-state index in [0.717, 1.165) is 11.0 Å². The molecule has 1 nitrogen and oxygen atoms in total. The second-order valence-electron chi connectivity index (χ2n) is 6.57. The first-order valence-corrected chi connectivity index (χ1v) is 7.90. The zero-order chi connectivity index (χ0) is 14.0. The fourth-order valence-electron chi connectivity index (χ4n) is 1.46. The number of benzene rings is 1. The minimum absolute atomic E-state index is 0.150. The number of hydrogen-bond donors (Lipinski definition) is 1. The van der Waals surface area contributed by atoms with Gasteiger partial charge in [0, 0.05) is 26.2 Å². The SMILES string of the molecule is CC(C)(C)NCc1ccc(Br)cc1SC(C)(C)C. The van der Waals surface area contributed by atoms with Gasteiger partial charge in [0.05, 0.1) is 0 Å². The van der Waals surface area contributed by atoms with Crippen LogP contribution in [0.3, 0.4) is 0 Å². The molecule has 0 aliphatic rings. The molecule has 3 heteroatoms. The summed E-state index contributed by atoms with van der Waals surface area (Å²) in [5.41, 5.74) is 1.52. The largest absolute Gasteiger partial charge is 0.308 e. The third kappa shape index (κ3) is 6.26. The molecule has 0 bridgehead atoms. The zero-order valence-electron chi connectivity index (χ0n) is 12.2. The molecule has 0 atom stereocenters. The predicted molar refractivity (Wildman–Crippen MR) is 86.3 cm³/mol. The molecule has 0 fully saturated rings. The Morgan fingerprint density at radius 3 is 2.22 bits per heavy atom. The lowest BCUT2D eigenvalue weighted by Gasteiger charge is -2.24. The molecule has 102 valence electrons. The van der Waals surface area contributed by atoms with Crippen LogP contribution in [0, 0.1) is 0 Å². The number of halogens is 1. The maximum Gasteiger partial charge on any atom is 0.0221 e. The molecule has 0 saturated heterocycles. The van der Waals surface area contributed by atoms with Gasteiger partial charge in [-0.1, -0.05) is 42.8 Å². The van der Waals surface area contributed by atoms with E-state index in [-0.39, 0.29) is 10.3 Å². The molecule has 18 heavy (non-hydrogen) atoms. The predicted octanol–water partition coefficient (Wildman–Crippen LogP) is 5.23. The summed E-state index contributed by atoms with van der Waals surface area (Å²) in [6.07, 6.45) is 0. The van der Waals surface area contributed by atoms with Gasteiger partial charge in [-0.2, -0.15) is 0 Å². The van der Waals surface area contributed by atoms with Crippen molar-refractivity contribution in [2.24, 2.45) is 0 Å². The number of thioether (sulfide) groups is 1. The molecule has 0 saturated carbocycles. The lowest BCUT2D eigenvalue weighted by atomic mass is 10.1. The van der Waals surface area contributed by atoms with Gasteiger partial charge in [0.2, 0.25) is 0 Å². The molecule has 0 heterocycles. The summed E-state index contributed by atoms with van der Waals surface area (Å²) in [7, 11) is 0. The second kappa shape index (κ2) is 5.98. The summed E-state index contributed by atoms with van der Waals surface area (Å²) in [4.78, 5) is 1.36. The Morgan fingerprint density at radius 1 is 1.11 bits per heavy atom. The van der Waals surface area contributed by atoms with Crippen LogP contribution < -0.4 is 5.32 Å². The topological polar surface area (TPSA) is 12.0 Å². The van der Waals surface area contributed by atoms with Crippen LogP contribution in [0.2, 0.25) is 0 Å². The Labute approximate surface area is 124 Å². The maximum absolute atomic E-state index is 3.56. The van der Waals surface area contributed by atoms with E-state index in [0.29, 0.717) is 0 Å². The molecule has 0 aromatic heterocycles. The van der Waals surface area contributed by atoms with Crippen molar-refractivity contribution in [3.63, 3.8) is 0 Å². The van der Waals surface area contributed by atoms with E-state index in [1.54, 1.807) is 0 Å².